The molecule has 8 nitrogen and oxygen atoms in total. The van der Waals surface area contributed by atoms with Gasteiger partial charge in [-0.1, -0.05) is 44.9 Å². The van der Waals surface area contributed by atoms with Gasteiger partial charge in [0.15, 0.2) is 0 Å². The van der Waals surface area contributed by atoms with Gasteiger partial charge in [-0.2, -0.15) is 0 Å². The molecular weight excluding hydrogens is 344 g/mol. The maximum atomic E-state index is 11.4. The van der Waals surface area contributed by atoms with Crippen LogP contribution < -0.4 is 5.73 Å². The molecule has 0 aromatic heterocycles. The predicted molar refractivity (Wildman–Crippen MR) is 86.7 cm³/mol. The van der Waals surface area contributed by atoms with Crippen molar-refractivity contribution in [3.63, 3.8) is 0 Å². The molecule has 1 saturated carbocycles. The maximum Gasteiger partial charge on any atom is 0.369 e. The molecule has 0 aromatic rings. The van der Waals surface area contributed by atoms with Crippen LogP contribution in [-0.4, -0.2) is 35.3 Å². The average molecular weight is 373 g/mol. The zero-order chi connectivity index (χ0) is 17.8. The van der Waals surface area contributed by atoms with Gasteiger partial charge in [-0.05, 0) is 19.3 Å². The van der Waals surface area contributed by atoms with E-state index in [9.17, 15) is 33.8 Å². The fraction of sp³-hybridized carbons (Fsp3) is 1.00. The Kier molecular flexibility index (Phi) is 7.46. The fourth-order valence-corrected chi connectivity index (χ4v) is 5.25. The lowest BCUT2D eigenvalue weighted by Crippen LogP contribution is -2.42. The first-order chi connectivity index (χ1) is 10.4. The Hall–Kier alpha value is 0.220. The van der Waals surface area contributed by atoms with Crippen LogP contribution in [0.25, 0.3) is 0 Å². The molecule has 7 N–H and O–H groups in total. The van der Waals surface area contributed by atoms with E-state index in [0.717, 1.165) is 38.5 Å². The second-order valence-electron chi connectivity index (χ2n) is 6.70. The van der Waals surface area contributed by atoms with Gasteiger partial charge in [0.1, 0.15) is 0 Å². The van der Waals surface area contributed by atoms with E-state index in [2.05, 4.69) is 0 Å². The average Bonchev–Trinajstić information content (AvgIpc) is 2.41. The van der Waals surface area contributed by atoms with E-state index in [1.807, 2.05) is 0 Å². The summed E-state index contributed by atoms with van der Waals surface area (Å²) in [5.41, 5.74) is 5.56. The normalized spacial score (nSPS) is 21.8. The molecule has 1 rings (SSSR count). The SMILES string of the molecule is NC1(CCC(O)(P(=O)(O)O)P(=O)(O)O)CCCCCCCCC1. The molecule has 1 fully saturated rings. The van der Waals surface area contributed by atoms with Gasteiger partial charge in [-0.3, -0.25) is 9.13 Å². The van der Waals surface area contributed by atoms with Gasteiger partial charge in [0.05, 0.1) is 0 Å². The van der Waals surface area contributed by atoms with Gasteiger partial charge < -0.3 is 30.4 Å². The number of rotatable bonds is 5. The van der Waals surface area contributed by atoms with Crippen LogP contribution in [0.1, 0.15) is 70.6 Å². The van der Waals surface area contributed by atoms with E-state index in [-0.39, 0.29) is 6.42 Å². The van der Waals surface area contributed by atoms with Crippen LogP contribution in [0, 0.1) is 0 Å². The summed E-state index contributed by atoms with van der Waals surface area (Å²) >= 11 is 0. The van der Waals surface area contributed by atoms with E-state index in [1.165, 1.54) is 6.42 Å². The Morgan fingerprint density at radius 1 is 0.826 bits per heavy atom. The lowest BCUT2D eigenvalue weighted by atomic mass is 9.82. The summed E-state index contributed by atoms with van der Waals surface area (Å²) < 4.78 is 22.8. The third-order valence-electron chi connectivity index (χ3n) is 4.74. The Morgan fingerprint density at radius 3 is 1.52 bits per heavy atom. The summed E-state index contributed by atoms with van der Waals surface area (Å²) in [7, 11) is -10.8. The molecule has 23 heavy (non-hydrogen) atoms. The summed E-state index contributed by atoms with van der Waals surface area (Å²) in [6, 6.07) is 0. The lowest BCUT2D eigenvalue weighted by molar-refractivity contribution is 0.111. The zero-order valence-corrected chi connectivity index (χ0v) is 15.1. The Morgan fingerprint density at radius 2 is 1.17 bits per heavy atom. The molecule has 10 heteroatoms. The minimum atomic E-state index is -5.40. The van der Waals surface area contributed by atoms with Crippen LogP contribution in [0.4, 0.5) is 0 Å². The molecule has 0 amide bonds. The lowest BCUT2D eigenvalue weighted by Gasteiger charge is -2.35. The van der Waals surface area contributed by atoms with Gasteiger partial charge in [0, 0.05) is 12.0 Å². The molecule has 138 valence electrons. The van der Waals surface area contributed by atoms with Crippen LogP contribution in [0.15, 0.2) is 0 Å². The molecule has 0 saturated heterocycles. The van der Waals surface area contributed by atoms with E-state index >= 15 is 0 Å². The largest absolute Gasteiger partial charge is 0.369 e. The highest BCUT2D eigenvalue weighted by atomic mass is 31.2. The second-order valence-corrected chi connectivity index (χ2v) is 10.7. The predicted octanol–water partition coefficient (Wildman–Crippen LogP) is 1.99. The number of aliphatic hydroxyl groups is 1. The highest BCUT2D eigenvalue weighted by Gasteiger charge is 2.59. The van der Waals surface area contributed by atoms with Crippen molar-refractivity contribution in [1.29, 1.82) is 0 Å². The third-order valence-corrected chi connectivity index (χ3v) is 8.62. The summed E-state index contributed by atoms with van der Waals surface area (Å²) in [4.78, 5) is 36.8. The Labute approximate surface area is 136 Å². The van der Waals surface area contributed by atoms with E-state index in [4.69, 9.17) is 5.73 Å². The first-order valence-electron chi connectivity index (χ1n) is 8.04. The molecule has 0 atom stereocenters. The number of nitrogens with two attached hydrogens (primary N) is 1. The van der Waals surface area contributed by atoms with Crippen molar-refractivity contribution >= 4 is 15.2 Å². The molecule has 0 radical (unpaired) electrons. The van der Waals surface area contributed by atoms with Gasteiger partial charge in [0.25, 0.3) is 5.08 Å². The first kappa shape index (κ1) is 21.3. The Balaban J connectivity index is 2.84. The van der Waals surface area contributed by atoms with Crippen LogP contribution in [0.5, 0.6) is 0 Å². The van der Waals surface area contributed by atoms with E-state index < -0.39 is 32.2 Å². The first-order valence-corrected chi connectivity index (χ1v) is 11.3. The minimum Gasteiger partial charge on any atom is -0.368 e. The van der Waals surface area contributed by atoms with Crippen molar-refractivity contribution in [3.05, 3.63) is 0 Å². The molecule has 1 aliphatic carbocycles. The molecule has 0 unspecified atom stereocenters. The monoisotopic (exact) mass is 373 g/mol. The fourth-order valence-electron chi connectivity index (χ4n) is 3.09. The topological polar surface area (TPSA) is 161 Å². The Bertz CT molecular complexity index is 441. The quantitative estimate of drug-likeness (QED) is 0.399. The van der Waals surface area contributed by atoms with Crippen LogP contribution in [0.2, 0.25) is 0 Å². The van der Waals surface area contributed by atoms with Gasteiger partial charge in [-0.15, -0.1) is 0 Å². The summed E-state index contributed by atoms with van der Waals surface area (Å²) in [5.74, 6) is 0. The van der Waals surface area contributed by atoms with Crippen molar-refractivity contribution < 1.29 is 33.8 Å². The van der Waals surface area contributed by atoms with E-state index in [0.29, 0.717) is 12.8 Å². The standard InChI is InChI=1S/C13H29NO7P2/c14-12(8-6-4-2-1-3-5-7-9-12)10-11-13(15,22(16,17)18)23(19,20)21/h15H,1-11,14H2,(H2,16,17,18)(H2,19,20,21). The summed E-state index contributed by atoms with van der Waals surface area (Å²) in [6.45, 7) is 0. The highest BCUT2D eigenvalue weighted by Crippen LogP contribution is 2.69. The van der Waals surface area contributed by atoms with Gasteiger partial charge in [0.2, 0.25) is 0 Å². The minimum absolute atomic E-state index is 0.0419. The molecule has 1 aliphatic rings. The highest BCUT2D eigenvalue weighted by molar-refractivity contribution is 7.72. The summed E-state index contributed by atoms with van der Waals surface area (Å²) in [6.07, 6.45) is 7.64. The molecule has 0 spiro atoms. The van der Waals surface area contributed by atoms with Crippen molar-refractivity contribution in [1.82, 2.24) is 0 Å². The van der Waals surface area contributed by atoms with Crippen molar-refractivity contribution in [2.45, 2.75) is 81.3 Å². The maximum absolute atomic E-state index is 11.4. The van der Waals surface area contributed by atoms with Crippen molar-refractivity contribution in [2.24, 2.45) is 5.73 Å². The van der Waals surface area contributed by atoms with Crippen LogP contribution in [-0.2, 0) is 9.13 Å². The molecule has 0 heterocycles. The van der Waals surface area contributed by atoms with Crippen molar-refractivity contribution in [2.75, 3.05) is 0 Å². The van der Waals surface area contributed by atoms with Crippen molar-refractivity contribution in [3.8, 4) is 0 Å². The second kappa shape index (κ2) is 8.07. The smallest absolute Gasteiger partial charge is 0.368 e. The van der Waals surface area contributed by atoms with Gasteiger partial charge in [-0.25, -0.2) is 0 Å². The molecule has 0 bridgehead atoms. The van der Waals surface area contributed by atoms with Gasteiger partial charge >= 0.3 is 15.2 Å². The molecule has 0 aromatic carbocycles. The molecular formula is C13H29NO7P2. The number of hydrogen-bond donors (Lipinski definition) is 6. The van der Waals surface area contributed by atoms with Crippen LogP contribution >= 0.6 is 15.2 Å². The summed E-state index contributed by atoms with van der Waals surface area (Å²) in [5, 5.41) is 6.61. The van der Waals surface area contributed by atoms with Crippen LogP contribution in [0.3, 0.4) is 0 Å². The van der Waals surface area contributed by atoms with E-state index in [1.54, 1.807) is 0 Å². The number of hydrogen-bond acceptors (Lipinski definition) is 4. The third kappa shape index (κ3) is 5.91. The zero-order valence-electron chi connectivity index (χ0n) is 13.3. The molecule has 0 aliphatic heterocycles.